The molecule has 4 heteroatoms. The van der Waals surface area contributed by atoms with Crippen molar-refractivity contribution in [1.29, 1.82) is 0 Å². The van der Waals surface area contributed by atoms with Gasteiger partial charge in [0.15, 0.2) is 0 Å². The van der Waals surface area contributed by atoms with Crippen molar-refractivity contribution in [3.05, 3.63) is 95.6 Å². The van der Waals surface area contributed by atoms with E-state index in [-0.39, 0.29) is 5.91 Å². The number of hydrogen-bond acceptors (Lipinski definition) is 3. The van der Waals surface area contributed by atoms with Gasteiger partial charge in [-0.3, -0.25) is 4.79 Å². The number of amides is 1. The highest BCUT2D eigenvalue weighted by molar-refractivity contribution is 6.29. The van der Waals surface area contributed by atoms with Gasteiger partial charge in [-0.25, -0.2) is 0 Å². The summed E-state index contributed by atoms with van der Waals surface area (Å²) < 4.78 is 5.45. The molecule has 0 aliphatic carbocycles. The quantitative estimate of drug-likeness (QED) is 0.428. The fourth-order valence-corrected chi connectivity index (χ4v) is 3.14. The minimum absolute atomic E-state index is 0.159. The molecule has 0 aromatic heterocycles. The molecule has 30 heavy (non-hydrogen) atoms. The molecule has 0 bridgehead atoms. The van der Waals surface area contributed by atoms with Crippen LogP contribution in [-0.4, -0.2) is 38.6 Å². The smallest absolute Gasteiger partial charge is 0.256 e. The zero-order valence-corrected chi connectivity index (χ0v) is 17.8. The number of carbonyl (C=O) groups excluding carboxylic acids is 1. The van der Waals surface area contributed by atoms with E-state index in [4.69, 9.17) is 4.74 Å². The number of nitrogens with one attached hydrogen (secondary N) is 1. The third-order valence-electron chi connectivity index (χ3n) is 4.83. The number of nitrogens with zero attached hydrogens (tertiary/aromatic N) is 1. The van der Waals surface area contributed by atoms with Crippen molar-refractivity contribution < 1.29 is 9.53 Å². The molecule has 0 aliphatic rings. The van der Waals surface area contributed by atoms with E-state index in [2.05, 4.69) is 36.4 Å². The van der Waals surface area contributed by atoms with Gasteiger partial charge in [0.25, 0.3) is 5.91 Å². The Bertz CT molecular complexity index is 993. The van der Waals surface area contributed by atoms with Gasteiger partial charge in [0.2, 0.25) is 0 Å². The van der Waals surface area contributed by atoms with Crippen LogP contribution in [0, 0.1) is 0 Å². The number of ether oxygens (including phenoxy) is 1. The van der Waals surface area contributed by atoms with Gasteiger partial charge in [-0.15, -0.1) is 0 Å². The molecule has 0 spiro atoms. The Kier molecular flexibility index (Phi) is 7.41. The monoisotopic (exact) mass is 400 g/mol. The van der Waals surface area contributed by atoms with E-state index in [9.17, 15) is 4.79 Å². The first-order valence-electron chi connectivity index (χ1n) is 10.0. The highest BCUT2D eigenvalue weighted by Gasteiger charge is 2.14. The van der Waals surface area contributed by atoms with Crippen LogP contribution in [0.5, 0.6) is 5.75 Å². The molecule has 0 unspecified atom stereocenters. The van der Waals surface area contributed by atoms with Crippen molar-refractivity contribution in [1.82, 2.24) is 4.90 Å². The third-order valence-corrected chi connectivity index (χ3v) is 4.83. The minimum atomic E-state index is -0.159. The number of carbonyl (C=O) groups is 1. The topological polar surface area (TPSA) is 41.6 Å². The SMILES string of the molecule is COc1ccccc1/C=C(/C(=O)Nc1ccc(CCN(C)C)cc1)c1ccccc1. The number of hydrogen-bond donors (Lipinski definition) is 1. The molecule has 1 N–H and O–H groups in total. The predicted molar refractivity (Wildman–Crippen MR) is 125 cm³/mol. The molecular formula is C26H28N2O2. The standard InChI is InChI=1S/C26H28N2O2/c1-28(2)18-17-20-13-15-23(16-14-20)27-26(29)24(21-9-5-4-6-10-21)19-22-11-7-8-12-25(22)30-3/h4-16,19H,17-18H2,1-3H3,(H,27,29)/b24-19+. The second kappa shape index (κ2) is 10.4. The van der Waals surface area contributed by atoms with Gasteiger partial charge in [0.1, 0.15) is 5.75 Å². The van der Waals surface area contributed by atoms with Gasteiger partial charge in [0.05, 0.1) is 7.11 Å². The maximum Gasteiger partial charge on any atom is 0.256 e. The van der Waals surface area contributed by atoms with Gasteiger partial charge < -0.3 is 15.0 Å². The Morgan fingerprint density at radius 1 is 0.933 bits per heavy atom. The van der Waals surface area contributed by atoms with Gasteiger partial charge in [-0.05, 0) is 55.9 Å². The van der Waals surface area contributed by atoms with Crippen LogP contribution in [0.1, 0.15) is 16.7 Å². The van der Waals surface area contributed by atoms with Crippen LogP contribution in [0.15, 0.2) is 78.9 Å². The fraction of sp³-hybridized carbons (Fsp3) is 0.192. The van der Waals surface area contributed by atoms with Crippen molar-refractivity contribution in [2.24, 2.45) is 0 Å². The lowest BCUT2D eigenvalue weighted by atomic mass is 10.0. The average molecular weight is 401 g/mol. The molecule has 0 fully saturated rings. The molecule has 0 saturated carbocycles. The molecule has 0 atom stereocenters. The minimum Gasteiger partial charge on any atom is -0.496 e. The van der Waals surface area contributed by atoms with Crippen LogP contribution >= 0.6 is 0 Å². The van der Waals surface area contributed by atoms with E-state index in [1.165, 1.54) is 5.56 Å². The van der Waals surface area contributed by atoms with E-state index < -0.39 is 0 Å². The maximum atomic E-state index is 13.2. The molecule has 0 radical (unpaired) electrons. The summed E-state index contributed by atoms with van der Waals surface area (Å²) in [6, 6.07) is 25.4. The van der Waals surface area contributed by atoms with Crippen molar-refractivity contribution in [3.63, 3.8) is 0 Å². The molecule has 0 aliphatic heterocycles. The predicted octanol–water partition coefficient (Wildman–Crippen LogP) is 4.98. The zero-order chi connectivity index (χ0) is 21.3. The summed E-state index contributed by atoms with van der Waals surface area (Å²) in [5.74, 6) is 0.567. The molecule has 0 saturated heterocycles. The maximum absolute atomic E-state index is 13.2. The van der Waals surface area contributed by atoms with Gasteiger partial charge in [-0.1, -0.05) is 60.7 Å². The normalized spacial score (nSPS) is 11.4. The Morgan fingerprint density at radius 3 is 2.27 bits per heavy atom. The van der Waals surface area contributed by atoms with E-state index >= 15 is 0 Å². The van der Waals surface area contributed by atoms with Crippen LogP contribution in [0.4, 0.5) is 5.69 Å². The Labute approximate surface area is 178 Å². The summed E-state index contributed by atoms with van der Waals surface area (Å²) in [4.78, 5) is 15.3. The molecule has 3 aromatic carbocycles. The summed E-state index contributed by atoms with van der Waals surface area (Å²) in [6.45, 7) is 0.992. The number of likely N-dealkylation sites (N-methyl/N-ethyl adjacent to an activating group) is 1. The first kappa shape index (κ1) is 21.3. The average Bonchev–Trinajstić information content (AvgIpc) is 2.77. The van der Waals surface area contributed by atoms with Crippen LogP contribution < -0.4 is 10.1 Å². The molecule has 4 nitrogen and oxygen atoms in total. The Hall–Kier alpha value is -3.37. The Balaban J connectivity index is 1.85. The lowest BCUT2D eigenvalue weighted by Crippen LogP contribution is -2.15. The van der Waals surface area contributed by atoms with E-state index in [0.717, 1.165) is 35.5 Å². The first-order valence-corrected chi connectivity index (χ1v) is 10.0. The van der Waals surface area contributed by atoms with Crippen molar-refractivity contribution in [3.8, 4) is 5.75 Å². The fourth-order valence-electron chi connectivity index (χ4n) is 3.14. The number of para-hydroxylation sites is 1. The molecule has 3 rings (SSSR count). The number of methoxy groups -OCH3 is 1. The largest absolute Gasteiger partial charge is 0.496 e. The lowest BCUT2D eigenvalue weighted by molar-refractivity contribution is -0.111. The number of rotatable bonds is 8. The molecular weight excluding hydrogens is 372 g/mol. The zero-order valence-electron chi connectivity index (χ0n) is 17.8. The summed E-state index contributed by atoms with van der Waals surface area (Å²) in [6.07, 6.45) is 2.85. The highest BCUT2D eigenvalue weighted by atomic mass is 16.5. The number of benzene rings is 3. The van der Waals surface area contributed by atoms with E-state index in [0.29, 0.717) is 5.57 Å². The Morgan fingerprint density at radius 2 is 1.60 bits per heavy atom. The first-order chi connectivity index (χ1) is 14.6. The third kappa shape index (κ3) is 5.82. The van der Waals surface area contributed by atoms with Crippen molar-refractivity contribution in [2.75, 3.05) is 33.1 Å². The highest BCUT2D eigenvalue weighted by Crippen LogP contribution is 2.26. The van der Waals surface area contributed by atoms with E-state index in [1.807, 2.05) is 72.8 Å². The van der Waals surface area contributed by atoms with Crippen LogP contribution in [0.3, 0.4) is 0 Å². The molecule has 1 amide bonds. The van der Waals surface area contributed by atoms with Crippen LogP contribution in [-0.2, 0) is 11.2 Å². The summed E-state index contributed by atoms with van der Waals surface area (Å²) >= 11 is 0. The summed E-state index contributed by atoms with van der Waals surface area (Å²) in [7, 11) is 5.76. The van der Waals surface area contributed by atoms with E-state index in [1.54, 1.807) is 7.11 Å². The molecule has 0 heterocycles. The van der Waals surface area contributed by atoms with Gasteiger partial charge in [-0.2, -0.15) is 0 Å². The number of anilines is 1. The van der Waals surface area contributed by atoms with Gasteiger partial charge in [0, 0.05) is 23.4 Å². The van der Waals surface area contributed by atoms with Gasteiger partial charge >= 0.3 is 0 Å². The second-order valence-electron chi connectivity index (χ2n) is 7.37. The van der Waals surface area contributed by atoms with Crippen molar-refractivity contribution in [2.45, 2.75) is 6.42 Å². The summed E-state index contributed by atoms with van der Waals surface area (Å²) in [5.41, 5.74) is 4.30. The van der Waals surface area contributed by atoms with Crippen LogP contribution in [0.2, 0.25) is 0 Å². The van der Waals surface area contributed by atoms with Crippen LogP contribution in [0.25, 0.3) is 11.6 Å². The summed E-state index contributed by atoms with van der Waals surface area (Å²) in [5, 5.41) is 3.03. The molecule has 3 aromatic rings. The molecule has 154 valence electrons. The second-order valence-corrected chi connectivity index (χ2v) is 7.37. The van der Waals surface area contributed by atoms with Crippen molar-refractivity contribution >= 4 is 23.2 Å². The lowest BCUT2D eigenvalue weighted by Gasteiger charge is -2.12.